The molecule has 0 unspecified atom stereocenters. The average molecular weight is 528 g/mol. The zero-order valence-electron chi connectivity index (χ0n) is 21.4. The Morgan fingerprint density at radius 1 is 1.08 bits per heavy atom. The van der Waals surface area contributed by atoms with Gasteiger partial charge in [-0.1, -0.05) is 18.2 Å². The zero-order valence-corrected chi connectivity index (χ0v) is 22.2. The highest BCUT2D eigenvalue weighted by Crippen LogP contribution is 2.37. The molecule has 0 bridgehead atoms. The van der Waals surface area contributed by atoms with E-state index in [4.69, 9.17) is 31.5 Å². The summed E-state index contributed by atoms with van der Waals surface area (Å²) in [6.07, 6.45) is 1.30. The van der Waals surface area contributed by atoms with Crippen molar-refractivity contribution in [3.05, 3.63) is 53.8 Å². The van der Waals surface area contributed by atoms with Crippen LogP contribution in [0.2, 0.25) is 5.02 Å². The van der Waals surface area contributed by atoms with E-state index in [1.165, 1.54) is 13.4 Å². The molecule has 0 spiro atoms. The number of benzene rings is 2. The van der Waals surface area contributed by atoms with Crippen LogP contribution in [0.5, 0.6) is 23.3 Å². The molecule has 0 saturated carbocycles. The minimum atomic E-state index is -0.632. The van der Waals surface area contributed by atoms with Gasteiger partial charge in [0.25, 0.3) is 0 Å². The fraction of sp³-hybridized carbons (Fsp3) is 0.280. The maximum atomic E-state index is 12.0. The Kier molecular flexibility index (Phi) is 9.10. The molecule has 12 heteroatoms. The molecule has 1 amide bonds. The Labute approximate surface area is 220 Å². The molecule has 11 nitrogen and oxygen atoms in total. The van der Waals surface area contributed by atoms with Gasteiger partial charge in [-0.05, 0) is 32.3 Å². The van der Waals surface area contributed by atoms with Crippen molar-refractivity contribution in [2.24, 2.45) is 5.73 Å². The summed E-state index contributed by atoms with van der Waals surface area (Å²) in [6.45, 7) is 5.39. The van der Waals surface area contributed by atoms with Crippen LogP contribution in [-0.4, -0.2) is 74.2 Å². The molecule has 0 aliphatic heterocycles. The molecule has 0 aliphatic rings. The van der Waals surface area contributed by atoms with Gasteiger partial charge in [0.2, 0.25) is 11.9 Å². The van der Waals surface area contributed by atoms with E-state index in [1.807, 2.05) is 26.0 Å². The molecule has 3 rings (SSSR count). The van der Waals surface area contributed by atoms with Crippen molar-refractivity contribution in [2.75, 3.05) is 58.7 Å². The van der Waals surface area contributed by atoms with E-state index in [-0.39, 0.29) is 17.5 Å². The lowest BCUT2D eigenvalue weighted by Crippen LogP contribution is -2.29. The number of hydrogen-bond acceptors (Lipinski definition) is 10. The first-order valence-corrected chi connectivity index (χ1v) is 11.5. The number of methoxy groups -OCH3 is 2. The molecule has 0 saturated heterocycles. The summed E-state index contributed by atoms with van der Waals surface area (Å²) >= 11 is 6.08. The van der Waals surface area contributed by atoms with Crippen molar-refractivity contribution >= 4 is 40.4 Å². The number of nitrogens with one attached hydrogen (secondary N) is 1. The third-order valence-corrected chi connectivity index (χ3v) is 5.67. The Hall–Kier alpha value is -4.09. The van der Waals surface area contributed by atoms with Gasteiger partial charge in [0.15, 0.2) is 0 Å². The first kappa shape index (κ1) is 27.5. The molecule has 0 fully saturated rings. The molecular weight excluding hydrogens is 498 g/mol. The van der Waals surface area contributed by atoms with E-state index in [1.54, 1.807) is 37.4 Å². The number of anilines is 3. The molecule has 1 heterocycles. The second-order valence-electron chi connectivity index (χ2n) is 8.25. The highest BCUT2D eigenvalue weighted by molar-refractivity contribution is 6.32. The summed E-state index contributed by atoms with van der Waals surface area (Å²) in [7, 11) is 8.95. The molecule has 0 aliphatic carbocycles. The SMILES string of the molecule is C=C(C(N)=O)c1cc(Nc2ncnc(Oc3ccc(Cl)c(OC)c3)n2)c(OC)cc1N(C)CCN(C)C. The zero-order chi connectivity index (χ0) is 27.1. The lowest BCUT2D eigenvalue weighted by molar-refractivity contribution is -0.112. The molecule has 1 aromatic heterocycles. The van der Waals surface area contributed by atoms with E-state index in [0.29, 0.717) is 40.1 Å². The van der Waals surface area contributed by atoms with E-state index in [2.05, 4.69) is 31.7 Å². The van der Waals surface area contributed by atoms with E-state index in [9.17, 15) is 4.79 Å². The fourth-order valence-electron chi connectivity index (χ4n) is 3.32. The minimum absolute atomic E-state index is 0.0441. The second kappa shape index (κ2) is 12.2. The lowest BCUT2D eigenvalue weighted by Gasteiger charge is -2.26. The van der Waals surface area contributed by atoms with Crippen LogP contribution in [0.3, 0.4) is 0 Å². The van der Waals surface area contributed by atoms with Gasteiger partial charge in [0.1, 0.15) is 23.6 Å². The smallest absolute Gasteiger partial charge is 0.326 e. The standard InChI is InChI=1S/C25H30ClN7O4/c1-15(23(27)34)17-12-19(22(36-6)13-20(17)33(4)10-9-32(2)3)30-24-28-14-29-25(31-24)37-16-7-8-18(26)21(11-16)35-5/h7-8,11-14H,1,9-10H2,2-6H3,(H2,27,34)(H,28,29,30,31). The molecular formula is C25H30ClN7O4. The number of amides is 1. The normalized spacial score (nSPS) is 10.7. The molecule has 0 atom stereocenters. The Morgan fingerprint density at radius 2 is 1.81 bits per heavy atom. The summed E-state index contributed by atoms with van der Waals surface area (Å²) < 4.78 is 16.6. The maximum Gasteiger partial charge on any atom is 0.326 e. The van der Waals surface area contributed by atoms with Gasteiger partial charge in [-0.15, -0.1) is 0 Å². The van der Waals surface area contributed by atoms with Crippen LogP contribution in [-0.2, 0) is 4.79 Å². The van der Waals surface area contributed by atoms with Crippen molar-refractivity contribution in [2.45, 2.75) is 0 Å². The first-order chi connectivity index (χ1) is 17.6. The first-order valence-electron chi connectivity index (χ1n) is 11.2. The Balaban J connectivity index is 1.94. The van der Waals surface area contributed by atoms with Crippen LogP contribution in [0.25, 0.3) is 5.57 Å². The van der Waals surface area contributed by atoms with Gasteiger partial charge in [-0.3, -0.25) is 4.79 Å². The second-order valence-corrected chi connectivity index (χ2v) is 8.66. The van der Waals surface area contributed by atoms with Crippen molar-refractivity contribution in [1.82, 2.24) is 19.9 Å². The number of nitrogens with two attached hydrogens (primary N) is 1. The summed E-state index contributed by atoms with van der Waals surface area (Å²) in [5.41, 5.74) is 7.52. The van der Waals surface area contributed by atoms with Gasteiger partial charge in [-0.25, -0.2) is 4.98 Å². The van der Waals surface area contributed by atoms with Gasteiger partial charge in [-0.2, -0.15) is 9.97 Å². The highest BCUT2D eigenvalue weighted by atomic mass is 35.5. The summed E-state index contributed by atoms with van der Waals surface area (Å²) in [5, 5.41) is 3.55. The number of aromatic nitrogens is 3. The third kappa shape index (κ3) is 6.99. The van der Waals surface area contributed by atoms with E-state index >= 15 is 0 Å². The number of halogens is 1. The van der Waals surface area contributed by atoms with E-state index < -0.39 is 5.91 Å². The molecule has 0 radical (unpaired) electrons. The number of ether oxygens (including phenoxy) is 3. The molecule has 37 heavy (non-hydrogen) atoms. The van der Waals surface area contributed by atoms with Crippen LogP contribution in [0.4, 0.5) is 17.3 Å². The van der Waals surface area contributed by atoms with Gasteiger partial charge < -0.3 is 35.1 Å². The Bertz CT molecular complexity index is 1290. The number of likely N-dealkylation sites (N-methyl/N-ethyl adjacent to an activating group) is 2. The largest absolute Gasteiger partial charge is 0.495 e. The van der Waals surface area contributed by atoms with Gasteiger partial charge in [0.05, 0.1) is 24.9 Å². The quantitative estimate of drug-likeness (QED) is 0.337. The topological polar surface area (TPSA) is 128 Å². The Morgan fingerprint density at radius 3 is 2.46 bits per heavy atom. The van der Waals surface area contributed by atoms with Crippen molar-refractivity contribution in [1.29, 1.82) is 0 Å². The molecule has 3 aromatic rings. The monoisotopic (exact) mass is 527 g/mol. The molecule has 3 N–H and O–H groups in total. The van der Waals surface area contributed by atoms with Crippen molar-refractivity contribution < 1.29 is 19.0 Å². The van der Waals surface area contributed by atoms with Crippen molar-refractivity contribution in [3.63, 3.8) is 0 Å². The summed E-state index contributed by atoms with van der Waals surface area (Å²) in [5.74, 6) is 0.939. The minimum Gasteiger partial charge on any atom is -0.495 e. The number of carbonyl (C=O) groups excluding carboxylic acids is 1. The van der Waals surface area contributed by atoms with E-state index in [0.717, 1.165) is 12.2 Å². The number of nitrogens with zero attached hydrogens (tertiary/aromatic N) is 5. The van der Waals surface area contributed by atoms with Crippen LogP contribution >= 0.6 is 11.6 Å². The number of carbonyl (C=O) groups is 1. The molecule has 196 valence electrons. The molecule has 2 aromatic carbocycles. The van der Waals surface area contributed by atoms with Gasteiger partial charge in [0, 0.05) is 49.1 Å². The number of rotatable bonds is 12. The summed E-state index contributed by atoms with van der Waals surface area (Å²) in [4.78, 5) is 28.6. The number of hydrogen-bond donors (Lipinski definition) is 2. The predicted molar refractivity (Wildman–Crippen MR) is 144 cm³/mol. The average Bonchev–Trinajstić information content (AvgIpc) is 2.87. The highest BCUT2D eigenvalue weighted by Gasteiger charge is 2.19. The fourth-order valence-corrected chi connectivity index (χ4v) is 3.51. The maximum absolute atomic E-state index is 12.0. The van der Waals surface area contributed by atoms with Crippen LogP contribution in [0, 0.1) is 0 Å². The number of primary amides is 1. The summed E-state index contributed by atoms with van der Waals surface area (Å²) in [6, 6.07) is 8.50. The van der Waals surface area contributed by atoms with Crippen LogP contribution in [0.1, 0.15) is 5.56 Å². The predicted octanol–water partition coefficient (Wildman–Crippen LogP) is 3.57. The van der Waals surface area contributed by atoms with Crippen molar-refractivity contribution in [3.8, 4) is 23.3 Å². The van der Waals surface area contributed by atoms with Gasteiger partial charge >= 0.3 is 6.01 Å². The van der Waals surface area contributed by atoms with Crippen LogP contribution in [0.15, 0.2) is 43.2 Å². The lowest BCUT2D eigenvalue weighted by atomic mass is 10.0. The third-order valence-electron chi connectivity index (χ3n) is 5.36. The van der Waals surface area contributed by atoms with Crippen LogP contribution < -0.4 is 30.2 Å².